The van der Waals surface area contributed by atoms with Crippen LogP contribution < -0.4 is 5.32 Å². The molecule has 1 fully saturated rings. The van der Waals surface area contributed by atoms with E-state index in [4.69, 9.17) is 4.98 Å². The average molecular weight is 510 g/mol. The second-order valence-corrected chi connectivity index (χ2v) is 11.2. The van der Waals surface area contributed by atoms with Crippen molar-refractivity contribution in [2.24, 2.45) is 5.41 Å². The first-order valence-electron chi connectivity index (χ1n) is 13.1. The van der Waals surface area contributed by atoms with Crippen molar-refractivity contribution in [2.75, 3.05) is 25.5 Å². The molecule has 0 bridgehead atoms. The van der Waals surface area contributed by atoms with Gasteiger partial charge in [0, 0.05) is 43.0 Å². The van der Waals surface area contributed by atoms with E-state index in [9.17, 15) is 0 Å². The van der Waals surface area contributed by atoms with Gasteiger partial charge in [0.2, 0.25) is 0 Å². The predicted molar refractivity (Wildman–Crippen MR) is 163 cm³/mol. The smallest absolute Gasteiger partial charge is 0.124 e. The van der Waals surface area contributed by atoms with E-state index in [0.29, 0.717) is 0 Å². The Bertz CT molecular complexity index is 1250. The van der Waals surface area contributed by atoms with Gasteiger partial charge in [-0.25, -0.2) is 4.98 Å². The van der Waals surface area contributed by atoms with Crippen LogP contribution in [0.5, 0.6) is 0 Å². The van der Waals surface area contributed by atoms with Gasteiger partial charge in [-0.3, -0.25) is 0 Å². The molecule has 0 radical (unpaired) electrons. The molecule has 1 N–H and O–H groups in total. The number of aromatic nitrogens is 1. The van der Waals surface area contributed by atoms with Crippen molar-refractivity contribution >= 4 is 29.2 Å². The lowest BCUT2D eigenvalue weighted by Crippen LogP contribution is -2.40. The largest absolute Gasteiger partial charge is 0.388 e. The zero-order valence-electron chi connectivity index (χ0n) is 22.3. The summed E-state index contributed by atoms with van der Waals surface area (Å²) in [5.41, 5.74) is 7.38. The van der Waals surface area contributed by atoms with Crippen LogP contribution in [-0.2, 0) is 6.42 Å². The fraction of sp³-hybridized carbons (Fsp3) is 0.303. The summed E-state index contributed by atoms with van der Waals surface area (Å²) in [5, 5.41) is 4.40. The minimum Gasteiger partial charge on any atom is -0.388 e. The van der Waals surface area contributed by atoms with E-state index >= 15 is 0 Å². The van der Waals surface area contributed by atoms with Gasteiger partial charge in [0.25, 0.3) is 0 Å². The number of hydrogen-bond donors (Lipinski definition) is 1. The molecule has 192 valence electrons. The highest BCUT2D eigenvalue weighted by Crippen LogP contribution is 2.42. The Hall–Kier alpha value is -3.37. The highest BCUT2D eigenvalue weighted by Gasteiger charge is 2.33. The molecule has 4 rings (SSSR count). The second-order valence-electron chi connectivity index (χ2n) is 10.2. The zero-order chi connectivity index (χ0) is 26.4. The average Bonchev–Trinajstić information content (AvgIpc) is 3.35. The first-order chi connectivity index (χ1) is 17.9. The molecule has 2 aromatic carbocycles. The third-order valence-electron chi connectivity index (χ3n) is 7.71. The maximum Gasteiger partial charge on any atom is 0.124 e. The molecule has 0 spiro atoms. The molecule has 0 aliphatic carbocycles. The van der Waals surface area contributed by atoms with E-state index in [-0.39, 0.29) is 11.3 Å². The molecule has 1 atom stereocenters. The standard InChI is InChI=1S/C33H39N3S/c1-7-14-26(28-17-12-13-18-30(28)34-6)24(4)36-21-19-33(5,20-22-36)23-25-15-10-11-16-27(25)32-35-29(8-2)31(9-3)37-32/h7-13,15-18,26,34H,1-4,14,19-23H2,5-6H3. The molecule has 1 saturated heterocycles. The maximum absolute atomic E-state index is 4.86. The van der Waals surface area contributed by atoms with Crippen LogP contribution in [0, 0.1) is 5.41 Å². The number of allylic oxidation sites excluding steroid dienone is 2. The van der Waals surface area contributed by atoms with Crippen LogP contribution >= 0.6 is 11.3 Å². The van der Waals surface area contributed by atoms with Crippen molar-refractivity contribution < 1.29 is 0 Å². The second kappa shape index (κ2) is 11.8. The molecule has 1 aliphatic heterocycles. The summed E-state index contributed by atoms with van der Waals surface area (Å²) >= 11 is 1.69. The summed E-state index contributed by atoms with van der Waals surface area (Å²) in [4.78, 5) is 8.43. The van der Waals surface area contributed by atoms with E-state index in [2.05, 4.69) is 92.0 Å². The molecule has 3 nitrogen and oxygen atoms in total. The monoisotopic (exact) mass is 509 g/mol. The summed E-state index contributed by atoms with van der Waals surface area (Å²) in [6.45, 7) is 21.0. The summed E-state index contributed by atoms with van der Waals surface area (Å²) in [6.07, 6.45) is 9.88. The summed E-state index contributed by atoms with van der Waals surface area (Å²) < 4.78 is 0. The first-order valence-corrected chi connectivity index (χ1v) is 13.9. The number of thiazole rings is 1. The van der Waals surface area contributed by atoms with Crippen LogP contribution in [0.4, 0.5) is 5.69 Å². The summed E-state index contributed by atoms with van der Waals surface area (Å²) in [6, 6.07) is 17.3. The quantitative estimate of drug-likeness (QED) is 0.262. The Morgan fingerprint density at radius 3 is 2.43 bits per heavy atom. The molecule has 2 heterocycles. The number of nitrogens with one attached hydrogen (secondary N) is 1. The molecular formula is C33H39N3S. The molecule has 0 saturated carbocycles. The van der Waals surface area contributed by atoms with Crippen LogP contribution in [0.2, 0.25) is 0 Å². The molecule has 3 aromatic rings. The van der Waals surface area contributed by atoms with Crippen LogP contribution in [0.15, 0.2) is 86.6 Å². The van der Waals surface area contributed by atoms with Crippen molar-refractivity contribution in [1.29, 1.82) is 0 Å². The van der Waals surface area contributed by atoms with Crippen molar-refractivity contribution in [1.82, 2.24) is 9.88 Å². The molecule has 1 aliphatic rings. The van der Waals surface area contributed by atoms with Crippen LogP contribution in [0.1, 0.15) is 53.8 Å². The Labute approximate surface area is 227 Å². The highest BCUT2D eigenvalue weighted by atomic mass is 32.1. The van der Waals surface area contributed by atoms with Gasteiger partial charge in [-0.2, -0.15) is 0 Å². The Morgan fingerprint density at radius 2 is 1.78 bits per heavy atom. The molecule has 4 heteroatoms. The molecule has 37 heavy (non-hydrogen) atoms. The number of benzene rings is 2. The van der Waals surface area contributed by atoms with Crippen LogP contribution in [-0.4, -0.2) is 30.0 Å². The lowest BCUT2D eigenvalue weighted by molar-refractivity contribution is 0.139. The van der Waals surface area contributed by atoms with Gasteiger partial charge >= 0.3 is 0 Å². The minimum absolute atomic E-state index is 0.226. The van der Waals surface area contributed by atoms with E-state index in [1.165, 1.54) is 22.4 Å². The maximum atomic E-state index is 4.86. The summed E-state index contributed by atoms with van der Waals surface area (Å²) in [5.74, 6) is 0.231. The van der Waals surface area contributed by atoms with Gasteiger partial charge in [-0.15, -0.1) is 17.9 Å². The highest BCUT2D eigenvalue weighted by molar-refractivity contribution is 7.16. The van der Waals surface area contributed by atoms with Gasteiger partial charge in [-0.1, -0.05) is 75.2 Å². The van der Waals surface area contributed by atoms with Crippen LogP contribution in [0.25, 0.3) is 22.7 Å². The predicted octanol–water partition coefficient (Wildman–Crippen LogP) is 8.66. The van der Waals surface area contributed by atoms with Gasteiger partial charge in [0.15, 0.2) is 0 Å². The minimum atomic E-state index is 0.226. The first kappa shape index (κ1) is 26.7. The Balaban J connectivity index is 1.50. The number of nitrogens with zero attached hydrogens (tertiary/aromatic N) is 2. The number of rotatable bonds is 11. The molecule has 1 unspecified atom stereocenters. The zero-order valence-corrected chi connectivity index (χ0v) is 23.1. The lowest BCUT2D eigenvalue weighted by Gasteiger charge is -2.43. The number of hydrogen-bond acceptors (Lipinski definition) is 4. The van der Waals surface area contributed by atoms with Gasteiger partial charge < -0.3 is 10.2 Å². The van der Waals surface area contributed by atoms with E-state index in [0.717, 1.165) is 60.0 Å². The molecule has 0 amide bonds. The van der Waals surface area contributed by atoms with E-state index in [1.807, 2.05) is 25.3 Å². The number of anilines is 1. The van der Waals surface area contributed by atoms with E-state index in [1.54, 1.807) is 11.3 Å². The lowest BCUT2D eigenvalue weighted by atomic mass is 9.74. The van der Waals surface area contributed by atoms with Crippen LogP contribution in [0.3, 0.4) is 0 Å². The third-order valence-corrected chi connectivity index (χ3v) is 8.81. The van der Waals surface area contributed by atoms with E-state index < -0.39 is 0 Å². The third kappa shape index (κ3) is 5.80. The molecule has 1 aromatic heterocycles. The van der Waals surface area contributed by atoms with Gasteiger partial charge in [-0.05, 0) is 60.4 Å². The number of likely N-dealkylation sites (tertiary alicyclic amines) is 1. The Morgan fingerprint density at radius 1 is 1.08 bits per heavy atom. The normalized spacial score (nSPS) is 15.6. The fourth-order valence-electron chi connectivity index (χ4n) is 5.46. The number of para-hydroxylation sites is 1. The van der Waals surface area contributed by atoms with Crippen molar-refractivity contribution in [3.63, 3.8) is 0 Å². The summed E-state index contributed by atoms with van der Waals surface area (Å²) in [7, 11) is 1.98. The topological polar surface area (TPSA) is 28.2 Å². The van der Waals surface area contributed by atoms with Gasteiger partial charge in [0.05, 0.1) is 10.6 Å². The van der Waals surface area contributed by atoms with Gasteiger partial charge in [0.1, 0.15) is 5.01 Å². The van der Waals surface area contributed by atoms with Crippen molar-refractivity contribution in [2.45, 2.75) is 38.5 Å². The molecular weight excluding hydrogens is 470 g/mol. The Kier molecular flexibility index (Phi) is 8.50. The van der Waals surface area contributed by atoms with Crippen molar-refractivity contribution in [3.8, 4) is 10.6 Å². The van der Waals surface area contributed by atoms with Crippen molar-refractivity contribution in [3.05, 3.63) is 108 Å². The fourth-order valence-corrected chi connectivity index (χ4v) is 6.44. The SMILES string of the molecule is C=CCC(C(=C)N1CCC(C)(Cc2ccccc2-c2nc(C=C)c(C=C)s2)CC1)c1ccccc1NC. The number of piperidine rings is 1.